The Kier molecular flexibility index (Phi) is 3.26. The zero-order chi connectivity index (χ0) is 18.6. The van der Waals surface area contributed by atoms with Crippen LogP contribution in [0.15, 0.2) is 47.2 Å². The molecule has 3 aliphatic rings. The molecule has 130 valence electrons. The maximum atomic E-state index is 13.0. The Hall–Kier alpha value is -3.12. The number of hydrogen-bond donors (Lipinski definition) is 1. The molecule has 6 nitrogen and oxygen atoms in total. The third kappa shape index (κ3) is 1.55. The van der Waals surface area contributed by atoms with E-state index >= 15 is 0 Å². The van der Waals surface area contributed by atoms with Crippen molar-refractivity contribution in [3.63, 3.8) is 0 Å². The predicted molar refractivity (Wildman–Crippen MR) is 93.0 cm³/mol. The molecule has 0 bridgehead atoms. The minimum Gasteiger partial charge on any atom is -0.487 e. The van der Waals surface area contributed by atoms with E-state index in [1.54, 1.807) is 0 Å². The second-order valence-electron chi connectivity index (χ2n) is 7.29. The molecule has 1 fully saturated rings. The van der Waals surface area contributed by atoms with Crippen molar-refractivity contribution in [3.05, 3.63) is 47.7 Å². The van der Waals surface area contributed by atoms with Crippen LogP contribution in [0.5, 0.6) is 0 Å². The number of carbonyl (C=O) groups excluding carboxylic acids is 1. The minimum absolute atomic E-state index is 0.133. The summed E-state index contributed by atoms with van der Waals surface area (Å²) in [6, 6.07) is 13.5. The molecule has 0 saturated carbocycles. The predicted octanol–water partition coefficient (Wildman–Crippen LogP) is 2.75. The van der Waals surface area contributed by atoms with Gasteiger partial charge in [-0.25, -0.2) is 0 Å². The van der Waals surface area contributed by atoms with Gasteiger partial charge in [-0.3, -0.25) is 4.79 Å². The number of fused-ring (bicyclic) bond motifs is 3. The van der Waals surface area contributed by atoms with Crippen LogP contribution in [0.4, 0.5) is 0 Å². The van der Waals surface area contributed by atoms with Crippen molar-refractivity contribution in [3.8, 4) is 12.1 Å². The van der Waals surface area contributed by atoms with E-state index in [0.29, 0.717) is 17.7 Å². The molecule has 4 atom stereocenters. The highest BCUT2D eigenvalue weighted by molar-refractivity contribution is 6.12. The molecule has 1 aromatic carbocycles. The zero-order valence-corrected chi connectivity index (χ0v) is 14.4. The van der Waals surface area contributed by atoms with Gasteiger partial charge in [0.1, 0.15) is 11.6 Å². The summed E-state index contributed by atoms with van der Waals surface area (Å²) in [5.41, 5.74) is 2.53. The number of nitriles is 2. The van der Waals surface area contributed by atoms with Crippen molar-refractivity contribution in [2.45, 2.75) is 32.3 Å². The summed E-state index contributed by atoms with van der Waals surface area (Å²) in [7, 11) is 0. The van der Waals surface area contributed by atoms with Crippen molar-refractivity contribution in [1.29, 1.82) is 10.5 Å². The lowest BCUT2D eigenvalue weighted by Gasteiger charge is -2.56. The summed E-state index contributed by atoms with van der Waals surface area (Å²) in [5, 5.41) is 20.5. The number of nitrogens with two attached hydrogens (primary N) is 1. The molecule has 2 aliphatic heterocycles. The number of benzene rings is 1. The first-order valence-electron chi connectivity index (χ1n) is 8.62. The smallest absolute Gasteiger partial charge is 0.271 e. The lowest BCUT2D eigenvalue weighted by molar-refractivity contribution is -0.156. The number of rotatable bonds is 1. The van der Waals surface area contributed by atoms with Gasteiger partial charge in [0.2, 0.25) is 0 Å². The first-order valence-corrected chi connectivity index (χ1v) is 8.62. The molecule has 4 unspecified atom stereocenters. The van der Waals surface area contributed by atoms with Gasteiger partial charge in [-0.05, 0) is 30.9 Å². The standard InChI is InChI=1S/C20H18N4O2/c1-18-10-6-5-9-14(18)26-15(13-7-3-2-4-8-13)19(11-21)16(23)24-17(25)20(18,19)12-22/h2-4,7-9,15H,5-6,10H2,1H3,(H2,23,24,25). The number of carbonyl (C=O) groups is 1. The van der Waals surface area contributed by atoms with Crippen molar-refractivity contribution < 1.29 is 9.53 Å². The van der Waals surface area contributed by atoms with E-state index in [9.17, 15) is 15.3 Å². The SMILES string of the molecule is CC12CCCC=C1OC(c1ccccc1)C1(C#N)C(N)=NC(=O)C21C#N. The highest BCUT2D eigenvalue weighted by Crippen LogP contribution is 2.70. The van der Waals surface area contributed by atoms with Gasteiger partial charge in [0.25, 0.3) is 5.91 Å². The van der Waals surface area contributed by atoms with Crippen molar-refractivity contribution >= 4 is 11.7 Å². The number of amides is 1. The van der Waals surface area contributed by atoms with E-state index in [1.807, 2.05) is 43.3 Å². The van der Waals surface area contributed by atoms with Crippen LogP contribution in [0.25, 0.3) is 0 Å². The molecule has 2 heterocycles. The summed E-state index contributed by atoms with van der Waals surface area (Å²) in [5.74, 6) is -0.187. The molecule has 1 aromatic rings. The lowest BCUT2D eigenvalue weighted by atomic mass is 9.46. The van der Waals surface area contributed by atoms with Gasteiger partial charge in [-0.15, -0.1) is 0 Å². The third-order valence-corrected chi connectivity index (χ3v) is 6.20. The van der Waals surface area contributed by atoms with E-state index < -0.39 is 28.3 Å². The van der Waals surface area contributed by atoms with E-state index in [4.69, 9.17) is 10.5 Å². The van der Waals surface area contributed by atoms with Gasteiger partial charge >= 0.3 is 0 Å². The Bertz CT molecular complexity index is 939. The van der Waals surface area contributed by atoms with Crippen LogP contribution in [0.2, 0.25) is 0 Å². The van der Waals surface area contributed by atoms with Gasteiger partial charge in [0, 0.05) is 0 Å². The summed E-state index contributed by atoms with van der Waals surface area (Å²) in [6.07, 6.45) is 3.23. The Balaban J connectivity index is 2.08. The number of amidine groups is 1. The van der Waals surface area contributed by atoms with E-state index in [1.165, 1.54) is 0 Å². The quantitative estimate of drug-likeness (QED) is 0.840. The fourth-order valence-electron chi connectivity index (χ4n) is 4.85. The number of hydrogen-bond acceptors (Lipinski definition) is 5. The Labute approximate surface area is 151 Å². The molecule has 2 N–H and O–H groups in total. The lowest BCUT2D eigenvalue weighted by Crippen LogP contribution is -2.63. The van der Waals surface area contributed by atoms with Crippen LogP contribution in [-0.2, 0) is 9.53 Å². The van der Waals surface area contributed by atoms with Gasteiger partial charge in [0.15, 0.2) is 16.9 Å². The molecule has 0 spiro atoms. The normalized spacial score (nSPS) is 38.0. The molecule has 1 saturated heterocycles. The molecular weight excluding hydrogens is 328 g/mol. The Morgan fingerprint density at radius 2 is 2.00 bits per heavy atom. The van der Waals surface area contributed by atoms with Gasteiger partial charge in [-0.2, -0.15) is 15.5 Å². The highest BCUT2D eigenvalue weighted by Gasteiger charge is 2.79. The van der Waals surface area contributed by atoms with Gasteiger partial charge < -0.3 is 10.5 Å². The van der Waals surface area contributed by atoms with Crippen LogP contribution in [-0.4, -0.2) is 11.7 Å². The average molecular weight is 346 g/mol. The van der Waals surface area contributed by atoms with Crippen molar-refractivity contribution in [2.75, 3.05) is 0 Å². The first-order chi connectivity index (χ1) is 12.5. The van der Waals surface area contributed by atoms with Crippen LogP contribution in [0.1, 0.15) is 37.9 Å². The average Bonchev–Trinajstić information content (AvgIpc) is 2.90. The van der Waals surface area contributed by atoms with Crippen LogP contribution < -0.4 is 5.73 Å². The van der Waals surface area contributed by atoms with Crippen molar-refractivity contribution in [2.24, 2.45) is 27.0 Å². The number of nitrogens with zero attached hydrogens (tertiary/aromatic N) is 3. The molecule has 6 heteroatoms. The fourth-order valence-corrected chi connectivity index (χ4v) is 4.85. The van der Waals surface area contributed by atoms with Crippen molar-refractivity contribution in [1.82, 2.24) is 0 Å². The Morgan fingerprint density at radius 3 is 2.65 bits per heavy atom. The second-order valence-corrected chi connectivity index (χ2v) is 7.29. The first kappa shape index (κ1) is 16.4. The molecule has 0 aromatic heterocycles. The van der Waals surface area contributed by atoms with Crippen LogP contribution in [0.3, 0.4) is 0 Å². The minimum atomic E-state index is -1.70. The fraction of sp³-hybridized carbons (Fsp3) is 0.400. The number of allylic oxidation sites excluding steroid dienone is 2. The maximum Gasteiger partial charge on any atom is 0.271 e. The summed E-state index contributed by atoms with van der Waals surface area (Å²) >= 11 is 0. The molecule has 26 heavy (non-hydrogen) atoms. The van der Waals surface area contributed by atoms with E-state index in [2.05, 4.69) is 17.1 Å². The zero-order valence-electron chi connectivity index (χ0n) is 14.4. The monoisotopic (exact) mass is 346 g/mol. The summed E-state index contributed by atoms with van der Waals surface area (Å²) in [4.78, 5) is 17.0. The topological polar surface area (TPSA) is 112 Å². The van der Waals surface area contributed by atoms with Gasteiger partial charge in [0.05, 0.1) is 17.6 Å². The molecule has 0 radical (unpaired) electrons. The maximum absolute atomic E-state index is 13.0. The molecular formula is C20H18N4O2. The second kappa shape index (κ2) is 5.19. The van der Waals surface area contributed by atoms with Gasteiger partial charge in [-0.1, -0.05) is 37.3 Å². The molecule has 4 rings (SSSR count). The van der Waals surface area contributed by atoms with Crippen LogP contribution >= 0.6 is 0 Å². The molecule has 1 aliphatic carbocycles. The van der Waals surface area contributed by atoms with Crippen LogP contribution in [0, 0.1) is 38.9 Å². The number of ether oxygens (including phenoxy) is 1. The highest BCUT2D eigenvalue weighted by atomic mass is 16.5. The largest absolute Gasteiger partial charge is 0.487 e. The van der Waals surface area contributed by atoms with E-state index in [-0.39, 0.29) is 5.84 Å². The molecule has 1 amide bonds. The summed E-state index contributed by atoms with van der Waals surface area (Å²) in [6.45, 7) is 1.82. The third-order valence-electron chi connectivity index (χ3n) is 6.20. The Morgan fingerprint density at radius 1 is 1.27 bits per heavy atom. The number of aliphatic imine (C=N–C) groups is 1. The van der Waals surface area contributed by atoms with E-state index in [0.717, 1.165) is 12.8 Å². The summed E-state index contributed by atoms with van der Waals surface area (Å²) < 4.78 is 6.31.